The zero-order valence-electron chi connectivity index (χ0n) is 11.3. The molecule has 0 aromatic heterocycles. The summed E-state index contributed by atoms with van der Waals surface area (Å²) in [7, 11) is 0. The largest absolute Gasteiger partial charge is 0.336 e. The van der Waals surface area contributed by atoms with Crippen molar-refractivity contribution < 1.29 is 4.79 Å². The minimum Gasteiger partial charge on any atom is -0.336 e. The molecule has 0 saturated heterocycles. The number of benzene rings is 1. The number of rotatable bonds is 4. The maximum atomic E-state index is 12.5. The Morgan fingerprint density at radius 3 is 2.74 bits per heavy atom. The Hall–Kier alpha value is -1.06. The van der Waals surface area contributed by atoms with Crippen LogP contribution in [0.1, 0.15) is 47.7 Å². The molecular weight excluding hydrogens is 260 g/mol. The number of carbonyl (C=O) groups excluding carboxylic acids is 1. The van der Waals surface area contributed by atoms with Crippen molar-refractivity contribution in [1.29, 1.82) is 0 Å². The monoisotopic (exact) mass is 280 g/mol. The van der Waals surface area contributed by atoms with E-state index in [0.29, 0.717) is 6.04 Å². The van der Waals surface area contributed by atoms with E-state index in [1.165, 1.54) is 24.0 Å². The van der Waals surface area contributed by atoms with Crippen LogP contribution in [0, 0.1) is 0 Å². The van der Waals surface area contributed by atoms with Crippen LogP contribution in [0.5, 0.6) is 0 Å². The van der Waals surface area contributed by atoms with Gasteiger partial charge in [-0.05, 0) is 42.5 Å². The lowest BCUT2D eigenvalue weighted by Gasteiger charge is -2.22. The Morgan fingerprint density at radius 1 is 1.32 bits per heavy atom. The van der Waals surface area contributed by atoms with Crippen LogP contribution < -0.4 is 5.32 Å². The molecule has 19 heavy (non-hydrogen) atoms. The fourth-order valence-corrected chi connectivity index (χ4v) is 2.67. The summed E-state index contributed by atoms with van der Waals surface area (Å²) < 4.78 is 0. The van der Waals surface area contributed by atoms with E-state index >= 15 is 0 Å². The number of fused-ring (bicyclic) bond motifs is 1. The first-order valence-corrected chi connectivity index (χ1v) is 6.93. The van der Waals surface area contributed by atoms with Crippen molar-refractivity contribution in [3.63, 3.8) is 0 Å². The molecule has 0 spiro atoms. The fraction of sp³-hybridized carbons (Fsp3) is 0.533. The third kappa shape index (κ3) is 2.93. The van der Waals surface area contributed by atoms with Gasteiger partial charge in [-0.15, -0.1) is 12.4 Å². The first-order valence-electron chi connectivity index (χ1n) is 6.93. The second-order valence-electron chi connectivity index (χ2n) is 5.32. The molecule has 1 aliphatic heterocycles. The maximum absolute atomic E-state index is 12.5. The van der Waals surface area contributed by atoms with E-state index in [1.807, 2.05) is 6.07 Å². The van der Waals surface area contributed by atoms with Gasteiger partial charge in [0.1, 0.15) is 0 Å². The van der Waals surface area contributed by atoms with Crippen molar-refractivity contribution in [2.75, 3.05) is 6.54 Å². The fourth-order valence-electron chi connectivity index (χ4n) is 2.67. The zero-order chi connectivity index (χ0) is 12.5. The highest BCUT2D eigenvalue weighted by molar-refractivity contribution is 5.95. The van der Waals surface area contributed by atoms with E-state index in [9.17, 15) is 4.79 Å². The minimum absolute atomic E-state index is 0. The van der Waals surface area contributed by atoms with Crippen molar-refractivity contribution in [2.24, 2.45) is 0 Å². The normalized spacial score (nSPS) is 16.7. The second-order valence-corrected chi connectivity index (χ2v) is 5.32. The van der Waals surface area contributed by atoms with Gasteiger partial charge < -0.3 is 10.2 Å². The first kappa shape index (κ1) is 14.4. The molecular formula is C15H21ClN2O. The van der Waals surface area contributed by atoms with Gasteiger partial charge in [0.15, 0.2) is 0 Å². The number of carbonyl (C=O) groups is 1. The lowest BCUT2D eigenvalue weighted by Crippen LogP contribution is -2.33. The molecule has 4 heteroatoms. The molecule has 0 atom stereocenters. The molecule has 1 aliphatic carbocycles. The Labute approximate surface area is 120 Å². The predicted molar refractivity (Wildman–Crippen MR) is 78.6 cm³/mol. The van der Waals surface area contributed by atoms with Crippen LogP contribution in [-0.2, 0) is 13.1 Å². The number of halogens is 1. The highest BCUT2D eigenvalue weighted by Crippen LogP contribution is 2.29. The quantitative estimate of drug-likeness (QED) is 0.920. The highest BCUT2D eigenvalue weighted by atomic mass is 35.5. The van der Waals surface area contributed by atoms with E-state index in [0.717, 1.165) is 31.6 Å². The van der Waals surface area contributed by atoms with Crippen LogP contribution in [-0.4, -0.2) is 23.4 Å². The number of nitrogens with one attached hydrogen (secondary N) is 1. The lowest BCUT2D eigenvalue weighted by atomic mass is 10.1. The Morgan fingerprint density at radius 2 is 2.05 bits per heavy atom. The van der Waals surface area contributed by atoms with Gasteiger partial charge in [-0.3, -0.25) is 4.79 Å². The molecule has 2 aliphatic rings. The molecule has 1 saturated carbocycles. The molecule has 3 rings (SSSR count). The third-order valence-electron chi connectivity index (χ3n) is 3.80. The Bertz CT molecular complexity index is 471. The average molecular weight is 281 g/mol. The summed E-state index contributed by atoms with van der Waals surface area (Å²) >= 11 is 0. The molecule has 1 fully saturated rings. The summed E-state index contributed by atoms with van der Waals surface area (Å²) in [4.78, 5) is 14.6. The summed E-state index contributed by atoms with van der Waals surface area (Å²) in [6.45, 7) is 4.85. The third-order valence-corrected chi connectivity index (χ3v) is 3.80. The summed E-state index contributed by atoms with van der Waals surface area (Å²) in [5, 5.41) is 3.32. The molecule has 1 N–H and O–H groups in total. The van der Waals surface area contributed by atoms with E-state index in [2.05, 4.69) is 29.3 Å². The summed E-state index contributed by atoms with van der Waals surface area (Å²) in [5.41, 5.74) is 3.48. The number of hydrogen-bond acceptors (Lipinski definition) is 2. The lowest BCUT2D eigenvalue weighted by molar-refractivity contribution is 0.0743. The number of nitrogens with zero attached hydrogens (tertiary/aromatic N) is 1. The van der Waals surface area contributed by atoms with Gasteiger partial charge in [0.05, 0.1) is 0 Å². The van der Waals surface area contributed by atoms with E-state index in [-0.39, 0.29) is 18.3 Å². The molecule has 1 amide bonds. The van der Waals surface area contributed by atoms with Crippen LogP contribution in [0.2, 0.25) is 0 Å². The summed E-state index contributed by atoms with van der Waals surface area (Å²) in [5.74, 6) is 0.217. The molecule has 104 valence electrons. The second kappa shape index (κ2) is 5.93. The standard InChI is InChI=1S/C15H20N2O.ClH/c1-2-7-17(14-5-6-14)15(18)11-3-4-12-9-16-10-13(12)8-11;/h3-4,8,14,16H,2,5-7,9-10H2,1H3;1H. The molecule has 0 unspecified atom stereocenters. The van der Waals surface area contributed by atoms with Crippen LogP contribution in [0.4, 0.5) is 0 Å². The van der Waals surface area contributed by atoms with Gasteiger partial charge >= 0.3 is 0 Å². The molecule has 1 aromatic rings. The Balaban J connectivity index is 0.00000133. The van der Waals surface area contributed by atoms with Gasteiger partial charge in [-0.2, -0.15) is 0 Å². The van der Waals surface area contributed by atoms with Crippen LogP contribution in [0.25, 0.3) is 0 Å². The van der Waals surface area contributed by atoms with Crippen molar-refractivity contribution >= 4 is 18.3 Å². The maximum Gasteiger partial charge on any atom is 0.254 e. The van der Waals surface area contributed by atoms with Gasteiger partial charge in [-0.25, -0.2) is 0 Å². The zero-order valence-corrected chi connectivity index (χ0v) is 12.1. The van der Waals surface area contributed by atoms with Gasteiger partial charge in [0.2, 0.25) is 0 Å². The predicted octanol–water partition coefficient (Wildman–Crippen LogP) is 2.73. The van der Waals surface area contributed by atoms with Crippen LogP contribution >= 0.6 is 12.4 Å². The van der Waals surface area contributed by atoms with Crippen molar-refractivity contribution in [1.82, 2.24) is 10.2 Å². The first-order chi connectivity index (χ1) is 8.79. The van der Waals surface area contributed by atoms with Gasteiger partial charge in [0.25, 0.3) is 5.91 Å². The molecule has 1 heterocycles. The van der Waals surface area contributed by atoms with Crippen molar-refractivity contribution in [3.8, 4) is 0 Å². The van der Waals surface area contributed by atoms with Gasteiger partial charge in [-0.1, -0.05) is 13.0 Å². The molecule has 0 radical (unpaired) electrons. The Kier molecular flexibility index (Phi) is 4.48. The molecule has 3 nitrogen and oxygen atoms in total. The SMILES string of the molecule is CCCN(C(=O)c1ccc2c(c1)CNC2)C1CC1.Cl. The summed E-state index contributed by atoms with van der Waals surface area (Å²) in [6.07, 6.45) is 3.39. The van der Waals surface area contributed by atoms with E-state index < -0.39 is 0 Å². The smallest absolute Gasteiger partial charge is 0.254 e. The van der Waals surface area contributed by atoms with E-state index in [1.54, 1.807) is 0 Å². The molecule has 0 bridgehead atoms. The van der Waals surface area contributed by atoms with Gasteiger partial charge in [0, 0.05) is 31.2 Å². The summed E-state index contributed by atoms with van der Waals surface area (Å²) in [6, 6.07) is 6.66. The average Bonchev–Trinajstić information content (AvgIpc) is 3.12. The van der Waals surface area contributed by atoms with Crippen molar-refractivity contribution in [3.05, 3.63) is 34.9 Å². The van der Waals surface area contributed by atoms with Crippen LogP contribution in [0.3, 0.4) is 0 Å². The number of hydrogen-bond donors (Lipinski definition) is 1. The van der Waals surface area contributed by atoms with Crippen molar-refractivity contribution in [2.45, 2.75) is 45.3 Å². The van der Waals surface area contributed by atoms with E-state index in [4.69, 9.17) is 0 Å². The minimum atomic E-state index is 0. The molecule has 1 aromatic carbocycles. The topological polar surface area (TPSA) is 32.3 Å². The number of amides is 1. The highest BCUT2D eigenvalue weighted by Gasteiger charge is 2.32. The van der Waals surface area contributed by atoms with Crippen LogP contribution in [0.15, 0.2) is 18.2 Å².